The summed E-state index contributed by atoms with van der Waals surface area (Å²) in [5, 5.41) is 40.7. The quantitative estimate of drug-likeness (QED) is 0.401. The van der Waals surface area contributed by atoms with Crippen LogP contribution in [0.15, 0.2) is 36.4 Å². The van der Waals surface area contributed by atoms with E-state index >= 15 is 0 Å². The Morgan fingerprint density at radius 2 is 1.91 bits per heavy atom. The predicted molar refractivity (Wildman–Crippen MR) is 111 cm³/mol. The van der Waals surface area contributed by atoms with Crippen molar-refractivity contribution in [3.63, 3.8) is 0 Å². The van der Waals surface area contributed by atoms with Gasteiger partial charge in [0.05, 0.1) is 36.4 Å². The number of carbonyl (C=O) groups excluding carboxylic acids is 2. The molecule has 0 saturated carbocycles. The fraction of sp³-hybridized carbons (Fsp3) is 0.333. The summed E-state index contributed by atoms with van der Waals surface area (Å²) < 4.78 is 10.9. The summed E-state index contributed by atoms with van der Waals surface area (Å²) in [7, 11) is 0. The van der Waals surface area contributed by atoms with Crippen molar-refractivity contribution in [3.8, 4) is 17.2 Å². The van der Waals surface area contributed by atoms with Gasteiger partial charge in [0.25, 0.3) is 0 Å². The maximum Gasteiger partial charge on any atom is 0.430 e. The third-order valence-corrected chi connectivity index (χ3v) is 5.66. The van der Waals surface area contributed by atoms with E-state index in [0.717, 1.165) is 5.56 Å². The second-order valence-corrected chi connectivity index (χ2v) is 8.19. The number of hydrogen-bond donors (Lipinski definition) is 4. The normalized spacial score (nSPS) is 18.2. The van der Waals surface area contributed by atoms with E-state index in [2.05, 4.69) is 0 Å². The molecule has 2 aliphatic rings. The smallest absolute Gasteiger partial charge is 0.430 e. The number of aryl methyl sites for hydroxylation is 1. The van der Waals surface area contributed by atoms with E-state index in [1.165, 1.54) is 23.1 Å². The second-order valence-electron chi connectivity index (χ2n) is 8.19. The highest BCUT2D eigenvalue weighted by molar-refractivity contribution is 6.59. The average molecular weight is 442 g/mol. The lowest BCUT2D eigenvalue weighted by molar-refractivity contribution is -0.255. The largest absolute Gasteiger partial charge is 0.669 e. The van der Waals surface area contributed by atoms with Crippen LogP contribution in [0.25, 0.3) is 0 Å². The number of carboxylic acid groups (broad SMARTS) is 1. The van der Waals surface area contributed by atoms with Crippen LogP contribution < -0.4 is 20.2 Å². The number of rotatable bonds is 6. The lowest BCUT2D eigenvalue weighted by Gasteiger charge is -2.41. The van der Waals surface area contributed by atoms with Gasteiger partial charge in [0.2, 0.25) is 5.91 Å². The van der Waals surface area contributed by atoms with Crippen molar-refractivity contribution in [3.05, 3.63) is 53.1 Å². The Labute approximate surface area is 183 Å². The lowest BCUT2D eigenvalue weighted by atomic mass is 9.70. The van der Waals surface area contributed by atoms with Crippen LogP contribution >= 0.6 is 0 Å². The van der Waals surface area contributed by atoms with E-state index < -0.39 is 24.9 Å². The monoisotopic (exact) mass is 442 g/mol. The molecule has 2 aliphatic heterocycles. The molecule has 1 fully saturated rings. The number of carbonyl (C=O) groups is 2. The molecule has 0 aliphatic carbocycles. The topological polar surface area (TPSA) is 166 Å². The van der Waals surface area contributed by atoms with Crippen LogP contribution in [-0.4, -0.2) is 63.9 Å². The first kappa shape index (κ1) is 21.9. The Hall–Kier alpha value is -3.28. The number of aromatic hydroxyl groups is 1. The SMILES string of the molecule is N[C@H](Cc1ccc(O)cc1)C(=O)N1CC(Oc2ccc3c(c2C(=O)[O-])O[B-](O)(O)CC3)C1. The number of fused-ring (bicyclic) bond motifs is 1. The molecule has 170 valence electrons. The fourth-order valence-corrected chi connectivity index (χ4v) is 3.90. The van der Waals surface area contributed by atoms with Crippen molar-refractivity contribution >= 4 is 18.6 Å². The molecule has 32 heavy (non-hydrogen) atoms. The first-order valence-corrected chi connectivity index (χ1v) is 10.3. The zero-order valence-electron chi connectivity index (χ0n) is 17.1. The number of benzene rings is 2. The molecule has 1 saturated heterocycles. The molecule has 10 nitrogen and oxygen atoms in total. The molecule has 0 bridgehead atoms. The number of nitrogens with two attached hydrogens (primary N) is 1. The highest BCUT2D eigenvalue weighted by Gasteiger charge is 2.36. The molecule has 5 N–H and O–H groups in total. The summed E-state index contributed by atoms with van der Waals surface area (Å²) in [6, 6.07) is 8.76. The Balaban J connectivity index is 1.39. The minimum atomic E-state index is -3.15. The molecule has 2 aromatic carbocycles. The van der Waals surface area contributed by atoms with Crippen molar-refractivity contribution in [2.45, 2.75) is 31.3 Å². The Bertz CT molecular complexity index is 1040. The van der Waals surface area contributed by atoms with Crippen LogP contribution in [0, 0.1) is 0 Å². The number of aromatic carboxylic acids is 1. The third kappa shape index (κ3) is 4.50. The standard InChI is InChI=1S/C21H24BN2O8/c23-16(9-12-1-4-14(25)5-2-12)20(26)24-10-15(11-24)31-17-6-3-13-7-8-22(29,30)32-19(13)18(17)21(27)28/h1-6,15-16,25,29-30H,7-11,23H2,(H,27,28)/q-1/p-1/t16-/m1/s1. The molecule has 1 amide bonds. The maximum absolute atomic E-state index is 12.6. The van der Waals surface area contributed by atoms with Gasteiger partial charge >= 0.3 is 6.75 Å². The number of nitrogens with zero attached hydrogens (tertiary/aromatic N) is 1. The third-order valence-electron chi connectivity index (χ3n) is 5.66. The van der Waals surface area contributed by atoms with Crippen molar-refractivity contribution in [1.29, 1.82) is 0 Å². The van der Waals surface area contributed by atoms with Gasteiger partial charge in [-0.15, -0.1) is 0 Å². The van der Waals surface area contributed by atoms with Crippen molar-refractivity contribution < 1.29 is 39.2 Å². The average Bonchev–Trinajstić information content (AvgIpc) is 2.70. The number of ether oxygens (including phenoxy) is 1. The van der Waals surface area contributed by atoms with Gasteiger partial charge in [-0.05, 0) is 42.2 Å². The fourth-order valence-electron chi connectivity index (χ4n) is 3.90. The summed E-state index contributed by atoms with van der Waals surface area (Å²) in [5.74, 6) is -1.89. The molecule has 0 aromatic heterocycles. The van der Waals surface area contributed by atoms with Crippen molar-refractivity contribution in [1.82, 2.24) is 4.90 Å². The van der Waals surface area contributed by atoms with Crippen LogP contribution in [0.2, 0.25) is 6.32 Å². The summed E-state index contributed by atoms with van der Waals surface area (Å²) in [6.07, 6.45) is 0.0550. The predicted octanol–water partition coefficient (Wildman–Crippen LogP) is -1.23. The van der Waals surface area contributed by atoms with Gasteiger partial charge in [-0.3, -0.25) is 4.79 Å². The van der Waals surface area contributed by atoms with E-state index in [4.69, 9.17) is 15.1 Å². The van der Waals surface area contributed by atoms with Gasteiger partial charge in [0.15, 0.2) is 0 Å². The first-order chi connectivity index (χ1) is 15.1. The van der Waals surface area contributed by atoms with Gasteiger partial charge in [0.1, 0.15) is 17.6 Å². The number of amides is 1. The Kier molecular flexibility index (Phi) is 5.72. The van der Waals surface area contributed by atoms with Crippen LogP contribution in [-0.2, 0) is 17.6 Å². The van der Waals surface area contributed by atoms with Crippen molar-refractivity contribution in [2.75, 3.05) is 13.1 Å². The highest BCUT2D eigenvalue weighted by Crippen LogP contribution is 2.38. The van der Waals surface area contributed by atoms with E-state index in [9.17, 15) is 29.9 Å². The highest BCUT2D eigenvalue weighted by atomic mass is 16.6. The van der Waals surface area contributed by atoms with Gasteiger partial charge in [-0.1, -0.05) is 24.5 Å². The number of phenolic OH excluding ortho intramolecular Hbond substituents is 1. The van der Waals surface area contributed by atoms with Gasteiger partial charge in [-0.25, -0.2) is 0 Å². The molecule has 0 unspecified atom stereocenters. The number of hydrogen-bond acceptors (Lipinski definition) is 9. The molecule has 0 spiro atoms. The summed E-state index contributed by atoms with van der Waals surface area (Å²) in [4.78, 5) is 25.8. The number of carboxylic acids is 1. The molecule has 0 radical (unpaired) electrons. The van der Waals surface area contributed by atoms with E-state index in [1.807, 2.05) is 0 Å². The Morgan fingerprint density at radius 3 is 2.56 bits per heavy atom. The van der Waals surface area contributed by atoms with Gasteiger partial charge in [0, 0.05) is 0 Å². The minimum Gasteiger partial charge on any atom is -0.669 e. The first-order valence-electron chi connectivity index (χ1n) is 10.3. The van der Waals surface area contributed by atoms with Crippen LogP contribution in [0.3, 0.4) is 0 Å². The molecule has 1 atom stereocenters. The molecule has 4 rings (SSSR count). The van der Waals surface area contributed by atoms with Gasteiger partial charge < -0.3 is 45.1 Å². The molecule has 11 heteroatoms. The van der Waals surface area contributed by atoms with Crippen LogP contribution in [0.4, 0.5) is 0 Å². The summed E-state index contributed by atoms with van der Waals surface area (Å²) in [5.41, 5.74) is 6.97. The zero-order chi connectivity index (χ0) is 23.0. The van der Waals surface area contributed by atoms with E-state index in [-0.39, 0.29) is 54.5 Å². The minimum absolute atomic E-state index is 0.0252. The number of phenols is 1. The molecule has 2 aromatic rings. The van der Waals surface area contributed by atoms with Crippen molar-refractivity contribution in [2.24, 2.45) is 5.73 Å². The summed E-state index contributed by atoms with van der Waals surface area (Å²) >= 11 is 0. The maximum atomic E-state index is 12.6. The van der Waals surface area contributed by atoms with Crippen LogP contribution in [0.5, 0.6) is 17.2 Å². The number of likely N-dealkylation sites (tertiary alicyclic amines) is 1. The summed E-state index contributed by atoms with van der Waals surface area (Å²) in [6.45, 7) is -2.70. The second kappa shape index (κ2) is 8.34. The van der Waals surface area contributed by atoms with E-state index in [1.54, 1.807) is 18.2 Å². The molecular weight excluding hydrogens is 419 g/mol. The molecular formula is C21H23BN2O8-2. The van der Waals surface area contributed by atoms with E-state index in [0.29, 0.717) is 12.0 Å². The zero-order valence-corrected chi connectivity index (χ0v) is 17.1. The lowest BCUT2D eigenvalue weighted by Crippen LogP contribution is -2.60. The Morgan fingerprint density at radius 1 is 1.22 bits per heavy atom. The molecule has 2 heterocycles. The van der Waals surface area contributed by atoms with Gasteiger partial charge in [-0.2, -0.15) is 0 Å². The van der Waals surface area contributed by atoms with Crippen LogP contribution in [0.1, 0.15) is 21.5 Å².